The molecule has 0 bridgehead atoms. The van der Waals surface area contributed by atoms with Crippen molar-refractivity contribution in [2.24, 2.45) is 0 Å². The highest BCUT2D eigenvalue weighted by Crippen LogP contribution is 2.04. The summed E-state index contributed by atoms with van der Waals surface area (Å²) in [6.45, 7) is 2.01. The highest BCUT2D eigenvalue weighted by molar-refractivity contribution is 7.99. The van der Waals surface area contributed by atoms with E-state index in [1.54, 1.807) is 0 Å². The number of aliphatic hydroxyl groups is 1. The molecule has 0 aromatic carbocycles. The number of hydrogen-bond acceptors (Lipinski definition) is 3. The monoisotopic (exact) mass is 164 g/mol. The molecule has 4 heteroatoms. The number of carboxylic acid groups (broad SMARTS) is 1. The summed E-state index contributed by atoms with van der Waals surface area (Å²) in [6, 6.07) is 0. The molecule has 0 aromatic heterocycles. The highest BCUT2D eigenvalue weighted by Gasteiger charge is 2.11. The molecule has 0 radical (unpaired) electrons. The Morgan fingerprint density at radius 3 is 2.70 bits per heavy atom. The van der Waals surface area contributed by atoms with Gasteiger partial charge in [0.25, 0.3) is 0 Å². The normalized spacial score (nSPS) is 13.0. The van der Waals surface area contributed by atoms with E-state index in [9.17, 15) is 4.79 Å². The first-order chi connectivity index (χ1) is 4.68. The van der Waals surface area contributed by atoms with E-state index in [-0.39, 0.29) is 0 Å². The van der Waals surface area contributed by atoms with Crippen LogP contribution in [0.2, 0.25) is 0 Å². The lowest BCUT2D eigenvalue weighted by Gasteiger charge is -2.02. The van der Waals surface area contributed by atoms with Gasteiger partial charge in [-0.15, -0.1) is 0 Å². The Morgan fingerprint density at radius 1 is 1.70 bits per heavy atom. The summed E-state index contributed by atoms with van der Waals surface area (Å²) >= 11 is 1.46. The molecule has 0 fully saturated rings. The smallest absolute Gasteiger partial charge is 0.333 e. The minimum Gasteiger partial charge on any atom is -0.479 e. The van der Waals surface area contributed by atoms with Crippen LogP contribution in [0.5, 0.6) is 0 Å². The van der Waals surface area contributed by atoms with Crippen molar-refractivity contribution in [1.82, 2.24) is 0 Å². The van der Waals surface area contributed by atoms with E-state index >= 15 is 0 Å². The number of thioether (sulfide) groups is 1. The highest BCUT2D eigenvalue weighted by atomic mass is 32.2. The van der Waals surface area contributed by atoms with E-state index in [0.717, 1.165) is 12.2 Å². The number of aliphatic carboxylic acids is 1. The zero-order chi connectivity index (χ0) is 7.98. The zero-order valence-corrected chi connectivity index (χ0v) is 6.73. The lowest BCUT2D eigenvalue weighted by Crippen LogP contribution is -2.22. The van der Waals surface area contributed by atoms with Gasteiger partial charge in [0.15, 0.2) is 6.10 Å². The van der Waals surface area contributed by atoms with Crippen LogP contribution in [0.15, 0.2) is 0 Å². The quantitative estimate of drug-likeness (QED) is 0.583. The maximum atomic E-state index is 10.0. The third-order valence-corrected chi connectivity index (χ3v) is 2.16. The molecule has 0 aliphatic heterocycles. The van der Waals surface area contributed by atoms with Crippen LogP contribution in [-0.2, 0) is 4.79 Å². The topological polar surface area (TPSA) is 57.5 Å². The van der Waals surface area contributed by atoms with E-state index in [4.69, 9.17) is 10.2 Å². The third kappa shape index (κ3) is 4.64. The third-order valence-electron chi connectivity index (χ3n) is 0.909. The van der Waals surface area contributed by atoms with E-state index < -0.39 is 12.1 Å². The summed E-state index contributed by atoms with van der Waals surface area (Å²) in [5.74, 6) is 0.0663. The van der Waals surface area contributed by atoms with Crippen LogP contribution in [-0.4, -0.2) is 33.8 Å². The SMILES string of the molecule is CCCSC[C@H](O)C(=O)O. The molecule has 60 valence electrons. The number of hydrogen-bond donors (Lipinski definition) is 2. The Labute approximate surface area is 64.4 Å². The first-order valence-corrected chi connectivity index (χ1v) is 4.32. The summed E-state index contributed by atoms with van der Waals surface area (Å²) in [7, 11) is 0. The van der Waals surface area contributed by atoms with Crippen LogP contribution < -0.4 is 0 Å². The predicted molar refractivity (Wildman–Crippen MR) is 41.3 cm³/mol. The average molecular weight is 164 g/mol. The Balaban J connectivity index is 3.21. The van der Waals surface area contributed by atoms with Crippen molar-refractivity contribution in [3.8, 4) is 0 Å². The van der Waals surface area contributed by atoms with Crippen molar-refractivity contribution in [3.63, 3.8) is 0 Å². The second-order valence-electron chi connectivity index (χ2n) is 1.93. The fourth-order valence-electron chi connectivity index (χ4n) is 0.411. The second kappa shape index (κ2) is 5.56. The van der Waals surface area contributed by atoms with Gasteiger partial charge in [-0.3, -0.25) is 0 Å². The molecule has 0 heterocycles. The molecule has 2 N–H and O–H groups in total. The van der Waals surface area contributed by atoms with E-state index in [1.165, 1.54) is 11.8 Å². The van der Waals surface area contributed by atoms with Crippen molar-refractivity contribution in [3.05, 3.63) is 0 Å². The Morgan fingerprint density at radius 2 is 2.30 bits per heavy atom. The molecule has 0 saturated heterocycles. The van der Waals surface area contributed by atoms with Gasteiger partial charge < -0.3 is 10.2 Å². The van der Waals surface area contributed by atoms with Crippen molar-refractivity contribution in [2.75, 3.05) is 11.5 Å². The van der Waals surface area contributed by atoms with Gasteiger partial charge in [0.2, 0.25) is 0 Å². The summed E-state index contributed by atoms with van der Waals surface area (Å²) in [6.07, 6.45) is -0.187. The minimum atomic E-state index is -1.20. The Bertz CT molecular complexity index is 105. The minimum absolute atomic E-state index is 0.295. The van der Waals surface area contributed by atoms with Gasteiger partial charge >= 0.3 is 5.97 Å². The molecule has 0 rings (SSSR count). The maximum Gasteiger partial charge on any atom is 0.333 e. The number of aliphatic hydroxyl groups excluding tert-OH is 1. The molecule has 0 spiro atoms. The first kappa shape index (κ1) is 9.78. The van der Waals surface area contributed by atoms with E-state index in [1.807, 2.05) is 6.92 Å². The standard InChI is InChI=1S/C6H12O3S/c1-2-3-10-4-5(7)6(8)9/h5,7H,2-4H2,1H3,(H,8,9)/t5-/m0/s1. The van der Waals surface area contributed by atoms with E-state index in [2.05, 4.69) is 0 Å². The molecule has 0 aliphatic rings. The molecule has 3 nitrogen and oxygen atoms in total. The van der Waals surface area contributed by atoms with E-state index in [0.29, 0.717) is 5.75 Å². The molecule has 0 aromatic rings. The van der Waals surface area contributed by atoms with Gasteiger partial charge in [-0.05, 0) is 12.2 Å². The summed E-state index contributed by atoms with van der Waals surface area (Å²) in [5, 5.41) is 17.0. The zero-order valence-electron chi connectivity index (χ0n) is 5.91. The molecule has 1 atom stereocenters. The molecule has 0 aliphatic carbocycles. The van der Waals surface area contributed by atoms with Crippen molar-refractivity contribution < 1.29 is 15.0 Å². The lowest BCUT2D eigenvalue weighted by molar-refractivity contribution is -0.145. The Kier molecular flexibility index (Phi) is 5.43. The van der Waals surface area contributed by atoms with Crippen LogP contribution in [0.3, 0.4) is 0 Å². The molecular formula is C6H12O3S. The summed E-state index contributed by atoms with van der Waals surface area (Å²) < 4.78 is 0. The lowest BCUT2D eigenvalue weighted by atomic mass is 10.4. The molecule has 0 saturated carbocycles. The summed E-state index contributed by atoms with van der Waals surface area (Å²) in [4.78, 5) is 10.0. The largest absolute Gasteiger partial charge is 0.479 e. The van der Waals surface area contributed by atoms with Crippen LogP contribution in [0.25, 0.3) is 0 Å². The number of carboxylic acids is 1. The van der Waals surface area contributed by atoms with Gasteiger partial charge in [0.1, 0.15) is 0 Å². The molecule has 0 unspecified atom stereocenters. The molecular weight excluding hydrogens is 152 g/mol. The fourth-order valence-corrected chi connectivity index (χ4v) is 1.23. The maximum absolute atomic E-state index is 10.0. The van der Waals surface area contributed by atoms with Crippen LogP contribution in [0.1, 0.15) is 13.3 Å². The van der Waals surface area contributed by atoms with Gasteiger partial charge in [-0.1, -0.05) is 6.92 Å². The number of carbonyl (C=O) groups is 1. The van der Waals surface area contributed by atoms with Crippen LogP contribution in [0, 0.1) is 0 Å². The first-order valence-electron chi connectivity index (χ1n) is 3.17. The summed E-state index contributed by atoms with van der Waals surface area (Å²) in [5.41, 5.74) is 0. The van der Waals surface area contributed by atoms with Crippen molar-refractivity contribution in [1.29, 1.82) is 0 Å². The molecule has 0 amide bonds. The second-order valence-corrected chi connectivity index (χ2v) is 3.08. The molecule has 10 heavy (non-hydrogen) atoms. The fraction of sp³-hybridized carbons (Fsp3) is 0.833. The number of rotatable bonds is 5. The Hall–Kier alpha value is -0.220. The van der Waals surface area contributed by atoms with Gasteiger partial charge in [0.05, 0.1) is 0 Å². The van der Waals surface area contributed by atoms with Gasteiger partial charge in [-0.25, -0.2) is 4.79 Å². The van der Waals surface area contributed by atoms with Crippen molar-refractivity contribution in [2.45, 2.75) is 19.4 Å². The predicted octanol–water partition coefficient (Wildman–Crippen LogP) is 0.575. The van der Waals surface area contributed by atoms with Gasteiger partial charge in [0, 0.05) is 5.75 Å². The van der Waals surface area contributed by atoms with Gasteiger partial charge in [-0.2, -0.15) is 11.8 Å². The van der Waals surface area contributed by atoms with Crippen molar-refractivity contribution >= 4 is 17.7 Å². The average Bonchev–Trinajstić information content (AvgIpc) is 1.88. The van der Waals surface area contributed by atoms with Crippen LogP contribution in [0.4, 0.5) is 0 Å². The van der Waals surface area contributed by atoms with Crippen LogP contribution >= 0.6 is 11.8 Å².